The van der Waals surface area contributed by atoms with Crippen molar-refractivity contribution in [3.05, 3.63) is 53.6 Å². The molecule has 3 rings (SSSR count). The van der Waals surface area contributed by atoms with Crippen molar-refractivity contribution in [1.82, 2.24) is 5.32 Å². The molecule has 2 aromatic carbocycles. The third-order valence-corrected chi connectivity index (χ3v) is 4.15. The minimum absolute atomic E-state index is 0.0923. The smallest absolute Gasteiger partial charge is 0.310 e. The normalized spacial score (nSPS) is 13.0. The second-order valence-corrected chi connectivity index (χ2v) is 6.09. The summed E-state index contributed by atoms with van der Waals surface area (Å²) in [4.78, 5) is 23.9. The number of carbonyl (C=O) groups excluding carboxylic acids is 2. The van der Waals surface area contributed by atoms with E-state index in [0.717, 1.165) is 11.1 Å². The summed E-state index contributed by atoms with van der Waals surface area (Å²) in [5.41, 5.74) is 1.66. The van der Waals surface area contributed by atoms with Crippen LogP contribution in [0.15, 0.2) is 42.5 Å². The van der Waals surface area contributed by atoms with E-state index in [2.05, 4.69) is 5.32 Å². The molecule has 1 aliphatic heterocycles. The third kappa shape index (κ3) is 4.91. The highest BCUT2D eigenvalue weighted by atomic mass is 16.7. The first-order valence-corrected chi connectivity index (χ1v) is 8.52. The molecule has 0 saturated heterocycles. The van der Waals surface area contributed by atoms with Gasteiger partial charge < -0.3 is 24.3 Å². The highest BCUT2D eigenvalue weighted by Gasteiger charge is 2.17. The summed E-state index contributed by atoms with van der Waals surface area (Å²) < 4.78 is 20.7. The van der Waals surface area contributed by atoms with Gasteiger partial charge in [-0.25, -0.2) is 0 Å². The summed E-state index contributed by atoms with van der Waals surface area (Å²) >= 11 is 0. The van der Waals surface area contributed by atoms with Gasteiger partial charge in [-0.2, -0.15) is 0 Å². The van der Waals surface area contributed by atoms with Crippen LogP contribution in [-0.4, -0.2) is 32.4 Å². The van der Waals surface area contributed by atoms with E-state index in [1.54, 1.807) is 37.4 Å². The standard InChI is InChI=1S/C20H21NO6/c1-13(15-5-8-17-18(10-15)27-12-26-17)21-19(22)11-25-20(23)9-14-3-6-16(24-2)7-4-14/h3-8,10,13H,9,11-12H2,1-2H3,(H,21,22)/t13-/m1/s1. The second kappa shape index (κ2) is 8.44. The zero-order valence-corrected chi connectivity index (χ0v) is 15.2. The lowest BCUT2D eigenvalue weighted by molar-refractivity contribution is -0.148. The molecule has 1 aliphatic rings. The predicted octanol–water partition coefficient (Wildman–Crippen LogP) is 2.39. The molecule has 0 fully saturated rings. The number of nitrogens with one attached hydrogen (secondary N) is 1. The highest BCUT2D eigenvalue weighted by molar-refractivity contribution is 5.81. The van der Waals surface area contributed by atoms with Gasteiger partial charge in [0.05, 0.1) is 19.6 Å². The third-order valence-electron chi connectivity index (χ3n) is 4.15. The quantitative estimate of drug-likeness (QED) is 0.753. The van der Waals surface area contributed by atoms with Crippen LogP contribution in [0, 0.1) is 0 Å². The fraction of sp³-hybridized carbons (Fsp3) is 0.300. The molecule has 0 unspecified atom stereocenters. The van der Waals surface area contributed by atoms with Crippen molar-refractivity contribution < 1.29 is 28.5 Å². The van der Waals surface area contributed by atoms with Crippen molar-refractivity contribution in [2.75, 3.05) is 20.5 Å². The molecule has 27 heavy (non-hydrogen) atoms. The molecular formula is C20H21NO6. The summed E-state index contributed by atoms with van der Waals surface area (Å²) in [5, 5.41) is 2.79. The maximum atomic E-state index is 12.0. The maximum absolute atomic E-state index is 12.0. The van der Waals surface area contributed by atoms with Gasteiger partial charge in [0, 0.05) is 0 Å². The van der Waals surface area contributed by atoms with E-state index in [1.807, 2.05) is 19.1 Å². The number of ether oxygens (including phenoxy) is 4. The van der Waals surface area contributed by atoms with E-state index < -0.39 is 5.97 Å². The molecule has 7 heteroatoms. The van der Waals surface area contributed by atoms with E-state index in [1.165, 1.54) is 0 Å². The number of hydrogen-bond acceptors (Lipinski definition) is 6. The van der Waals surface area contributed by atoms with E-state index >= 15 is 0 Å². The molecule has 1 N–H and O–H groups in total. The van der Waals surface area contributed by atoms with E-state index in [-0.39, 0.29) is 31.8 Å². The maximum Gasteiger partial charge on any atom is 0.310 e. The average molecular weight is 371 g/mol. The Hall–Kier alpha value is -3.22. The van der Waals surface area contributed by atoms with Crippen molar-refractivity contribution in [3.63, 3.8) is 0 Å². The molecule has 0 spiro atoms. The van der Waals surface area contributed by atoms with Gasteiger partial charge in [0.2, 0.25) is 6.79 Å². The molecule has 0 radical (unpaired) electrons. The van der Waals surface area contributed by atoms with Gasteiger partial charge in [0.1, 0.15) is 5.75 Å². The molecular weight excluding hydrogens is 350 g/mol. The number of benzene rings is 2. The Morgan fingerprint density at radius 2 is 1.85 bits per heavy atom. The molecule has 142 valence electrons. The van der Waals surface area contributed by atoms with Gasteiger partial charge in [-0.15, -0.1) is 0 Å². The molecule has 2 aromatic rings. The SMILES string of the molecule is COc1ccc(CC(=O)OCC(=O)N[C@H](C)c2ccc3c(c2)OCO3)cc1. The van der Waals surface area contributed by atoms with Crippen LogP contribution in [0.25, 0.3) is 0 Å². The molecule has 0 saturated carbocycles. The number of rotatable bonds is 7. The summed E-state index contributed by atoms with van der Waals surface area (Å²) in [7, 11) is 1.58. The van der Waals surface area contributed by atoms with Crippen molar-refractivity contribution in [2.24, 2.45) is 0 Å². The van der Waals surface area contributed by atoms with Crippen molar-refractivity contribution in [1.29, 1.82) is 0 Å². The lowest BCUT2D eigenvalue weighted by atomic mass is 10.1. The van der Waals surface area contributed by atoms with E-state index in [4.69, 9.17) is 18.9 Å². The van der Waals surface area contributed by atoms with Crippen molar-refractivity contribution >= 4 is 11.9 Å². The first kappa shape index (κ1) is 18.6. The van der Waals surface area contributed by atoms with Crippen molar-refractivity contribution in [2.45, 2.75) is 19.4 Å². The van der Waals surface area contributed by atoms with E-state index in [9.17, 15) is 9.59 Å². The molecule has 0 aliphatic carbocycles. The average Bonchev–Trinajstić information content (AvgIpc) is 3.14. The van der Waals surface area contributed by atoms with Gasteiger partial charge in [-0.3, -0.25) is 9.59 Å². The Kier molecular flexibility index (Phi) is 5.80. The number of carbonyl (C=O) groups is 2. The molecule has 1 heterocycles. The zero-order valence-electron chi connectivity index (χ0n) is 15.2. The van der Waals surface area contributed by atoms with Crippen LogP contribution < -0.4 is 19.5 Å². The minimum atomic E-state index is -0.467. The Balaban J connectivity index is 1.45. The molecule has 7 nitrogen and oxygen atoms in total. The summed E-state index contributed by atoms with van der Waals surface area (Å²) in [5.74, 6) is 1.21. The van der Waals surface area contributed by atoms with Gasteiger partial charge in [0.15, 0.2) is 18.1 Å². The van der Waals surface area contributed by atoms with E-state index in [0.29, 0.717) is 17.2 Å². The van der Waals surface area contributed by atoms with Crippen molar-refractivity contribution in [3.8, 4) is 17.2 Å². The lowest BCUT2D eigenvalue weighted by Gasteiger charge is -2.15. The second-order valence-electron chi connectivity index (χ2n) is 6.09. The number of methoxy groups -OCH3 is 1. The van der Waals surface area contributed by atoms with Crippen LogP contribution in [-0.2, 0) is 20.7 Å². The zero-order chi connectivity index (χ0) is 19.2. The summed E-state index contributed by atoms with van der Waals surface area (Å²) in [6, 6.07) is 12.3. The predicted molar refractivity (Wildman–Crippen MR) is 96.8 cm³/mol. The number of hydrogen-bond donors (Lipinski definition) is 1. The minimum Gasteiger partial charge on any atom is -0.497 e. The Bertz CT molecular complexity index is 818. The Morgan fingerprint density at radius 3 is 2.59 bits per heavy atom. The molecule has 1 atom stereocenters. The summed E-state index contributed by atoms with van der Waals surface area (Å²) in [6.45, 7) is 1.71. The Labute approximate surface area is 157 Å². The number of fused-ring (bicyclic) bond motifs is 1. The molecule has 0 bridgehead atoms. The first-order chi connectivity index (χ1) is 13.0. The monoisotopic (exact) mass is 371 g/mol. The van der Waals surface area contributed by atoms with Crippen LogP contribution in [0.1, 0.15) is 24.1 Å². The van der Waals surface area contributed by atoms with Gasteiger partial charge in [0.25, 0.3) is 5.91 Å². The van der Waals surface area contributed by atoms with Gasteiger partial charge in [-0.05, 0) is 42.3 Å². The largest absolute Gasteiger partial charge is 0.497 e. The van der Waals surface area contributed by atoms with Crippen LogP contribution in [0.3, 0.4) is 0 Å². The summed E-state index contributed by atoms with van der Waals surface area (Å²) in [6.07, 6.45) is 0.0923. The molecule has 1 amide bonds. The molecule has 0 aromatic heterocycles. The Morgan fingerprint density at radius 1 is 1.11 bits per heavy atom. The van der Waals surface area contributed by atoms with Crippen LogP contribution in [0.5, 0.6) is 17.2 Å². The fourth-order valence-electron chi connectivity index (χ4n) is 2.66. The lowest BCUT2D eigenvalue weighted by Crippen LogP contribution is -2.31. The van der Waals surface area contributed by atoms with Crippen LogP contribution in [0.2, 0.25) is 0 Å². The van der Waals surface area contributed by atoms with Crippen LogP contribution >= 0.6 is 0 Å². The van der Waals surface area contributed by atoms with Crippen LogP contribution in [0.4, 0.5) is 0 Å². The number of amides is 1. The number of esters is 1. The first-order valence-electron chi connectivity index (χ1n) is 8.52. The topological polar surface area (TPSA) is 83.1 Å². The fourth-order valence-corrected chi connectivity index (χ4v) is 2.66. The highest BCUT2D eigenvalue weighted by Crippen LogP contribution is 2.34. The van der Waals surface area contributed by atoms with Gasteiger partial charge >= 0.3 is 5.97 Å². The van der Waals surface area contributed by atoms with Gasteiger partial charge in [-0.1, -0.05) is 18.2 Å².